The number of carbonyl (C=O) groups is 1. The van der Waals surface area contributed by atoms with Gasteiger partial charge in [-0.2, -0.15) is 5.10 Å². The largest absolute Gasteiger partial charge is 0.320 e. The Morgan fingerprint density at radius 3 is 2.95 bits per heavy atom. The zero-order chi connectivity index (χ0) is 13.2. The highest BCUT2D eigenvalue weighted by molar-refractivity contribution is 6.03. The molecule has 1 heterocycles. The number of H-pyrrole nitrogens is 1. The minimum absolute atomic E-state index is 0.149. The molecule has 2 N–H and O–H groups in total. The van der Waals surface area contributed by atoms with E-state index in [9.17, 15) is 4.79 Å². The van der Waals surface area contributed by atoms with Crippen LogP contribution in [0, 0.1) is 0 Å². The molecule has 1 aliphatic rings. The number of hydrogen-bond donors (Lipinski definition) is 2. The summed E-state index contributed by atoms with van der Waals surface area (Å²) in [5.41, 5.74) is 3.54. The number of benzene rings is 1. The predicted molar refractivity (Wildman–Crippen MR) is 74.3 cm³/mol. The molecule has 2 aromatic rings. The summed E-state index contributed by atoms with van der Waals surface area (Å²) in [5, 5.41) is 9.97. The number of carbonyl (C=O) groups excluding carboxylic acids is 1. The lowest BCUT2D eigenvalue weighted by atomic mass is 10.1. The SMILES string of the molecule is CCc1ccccc1NC(=O)c1cc(C2CC2)[nH]n1. The Labute approximate surface area is 112 Å². The number of aryl methyl sites for hydroxylation is 1. The van der Waals surface area contributed by atoms with Crippen LogP contribution in [-0.2, 0) is 6.42 Å². The number of aromatic nitrogens is 2. The van der Waals surface area contributed by atoms with Crippen molar-refractivity contribution in [2.24, 2.45) is 0 Å². The molecule has 0 radical (unpaired) electrons. The summed E-state index contributed by atoms with van der Waals surface area (Å²) in [6, 6.07) is 9.71. The average molecular weight is 255 g/mol. The van der Waals surface area contributed by atoms with E-state index in [1.807, 2.05) is 30.3 Å². The van der Waals surface area contributed by atoms with Crippen molar-refractivity contribution in [3.05, 3.63) is 47.3 Å². The number of hydrogen-bond acceptors (Lipinski definition) is 2. The van der Waals surface area contributed by atoms with Gasteiger partial charge >= 0.3 is 0 Å². The molecule has 0 spiro atoms. The second-order valence-corrected chi connectivity index (χ2v) is 4.95. The lowest BCUT2D eigenvalue weighted by molar-refractivity contribution is 0.102. The minimum Gasteiger partial charge on any atom is -0.320 e. The van der Waals surface area contributed by atoms with Crippen LogP contribution in [0.5, 0.6) is 0 Å². The molecule has 3 rings (SSSR count). The van der Waals surface area contributed by atoms with Gasteiger partial charge in [-0.3, -0.25) is 9.89 Å². The Bertz CT molecular complexity index is 599. The maximum Gasteiger partial charge on any atom is 0.276 e. The maximum atomic E-state index is 12.1. The molecular weight excluding hydrogens is 238 g/mol. The topological polar surface area (TPSA) is 57.8 Å². The fraction of sp³-hybridized carbons (Fsp3) is 0.333. The number of amides is 1. The molecule has 98 valence electrons. The van der Waals surface area contributed by atoms with Gasteiger partial charge in [0.15, 0.2) is 5.69 Å². The van der Waals surface area contributed by atoms with Gasteiger partial charge in [-0.1, -0.05) is 25.1 Å². The van der Waals surface area contributed by atoms with Crippen LogP contribution in [0.4, 0.5) is 5.69 Å². The van der Waals surface area contributed by atoms with Crippen LogP contribution in [0.3, 0.4) is 0 Å². The molecule has 1 saturated carbocycles. The number of rotatable bonds is 4. The first-order chi connectivity index (χ1) is 9.28. The van der Waals surface area contributed by atoms with Crippen LogP contribution in [0.2, 0.25) is 0 Å². The van der Waals surface area contributed by atoms with E-state index in [0.717, 1.165) is 23.4 Å². The predicted octanol–water partition coefficient (Wildman–Crippen LogP) is 3.10. The lowest BCUT2D eigenvalue weighted by Crippen LogP contribution is -2.13. The first-order valence-electron chi connectivity index (χ1n) is 6.72. The number of nitrogens with zero attached hydrogens (tertiary/aromatic N) is 1. The number of para-hydroxylation sites is 1. The van der Waals surface area contributed by atoms with Crippen molar-refractivity contribution in [1.29, 1.82) is 0 Å². The van der Waals surface area contributed by atoms with E-state index in [1.54, 1.807) is 0 Å². The van der Waals surface area contributed by atoms with Crippen LogP contribution >= 0.6 is 0 Å². The van der Waals surface area contributed by atoms with Gasteiger partial charge in [0.2, 0.25) is 0 Å². The van der Waals surface area contributed by atoms with Gasteiger partial charge in [-0.15, -0.1) is 0 Å². The van der Waals surface area contributed by atoms with Gasteiger partial charge in [0, 0.05) is 17.3 Å². The molecule has 1 aromatic heterocycles. The third kappa shape index (κ3) is 2.52. The summed E-state index contributed by atoms with van der Waals surface area (Å²) < 4.78 is 0. The molecular formula is C15H17N3O. The third-order valence-electron chi connectivity index (χ3n) is 3.49. The highest BCUT2D eigenvalue weighted by Crippen LogP contribution is 2.39. The van der Waals surface area contributed by atoms with Crippen molar-refractivity contribution >= 4 is 11.6 Å². The molecule has 19 heavy (non-hydrogen) atoms. The summed E-state index contributed by atoms with van der Waals surface area (Å²) in [5.74, 6) is 0.432. The lowest BCUT2D eigenvalue weighted by Gasteiger charge is -2.07. The quantitative estimate of drug-likeness (QED) is 0.882. The van der Waals surface area contributed by atoms with E-state index in [1.165, 1.54) is 12.8 Å². The van der Waals surface area contributed by atoms with E-state index < -0.39 is 0 Å². The smallest absolute Gasteiger partial charge is 0.276 e. The molecule has 1 aliphatic carbocycles. The maximum absolute atomic E-state index is 12.1. The molecule has 0 unspecified atom stereocenters. The van der Waals surface area contributed by atoms with E-state index in [2.05, 4.69) is 22.4 Å². The van der Waals surface area contributed by atoms with Crippen molar-refractivity contribution < 1.29 is 4.79 Å². The van der Waals surface area contributed by atoms with Crippen molar-refractivity contribution in [1.82, 2.24) is 10.2 Å². The summed E-state index contributed by atoms with van der Waals surface area (Å²) in [7, 11) is 0. The molecule has 0 saturated heterocycles. The zero-order valence-electron chi connectivity index (χ0n) is 10.9. The third-order valence-corrected chi connectivity index (χ3v) is 3.49. The van der Waals surface area contributed by atoms with Gasteiger partial charge in [-0.05, 0) is 37.0 Å². The molecule has 1 fully saturated rings. The molecule has 1 amide bonds. The fourth-order valence-corrected chi connectivity index (χ4v) is 2.19. The second kappa shape index (κ2) is 4.88. The Balaban J connectivity index is 1.76. The highest BCUT2D eigenvalue weighted by Gasteiger charge is 2.26. The summed E-state index contributed by atoms with van der Waals surface area (Å²) in [6.07, 6.45) is 3.29. The van der Waals surface area contributed by atoms with Gasteiger partial charge in [0.25, 0.3) is 5.91 Å². The van der Waals surface area contributed by atoms with Gasteiger partial charge in [-0.25, -0.2) is 0 Å². The second-order valence-electron chi connectivity index (χ2n) is 4.95. The Hall–Kier alpha value is -2.10. The van der Waals surface area contributed by atoms with Crippen molar-refractivity contribution in [3.63, 3.8) is 0 Å². The van der Waals surface area contributed by atoms with Gasteiger partial charge in [0.1, 0.15) is 0 Å². The van der Waals surface area contributed by atoms with Crippen LogP contribution in [0.25, 0.3) is 0 Å². The minimum atomic E-state index is -0.149. The molecule has 4 nitrogen and oxygen atoms in total. The Morgan fingerprint density at radius 1 is 1.42 bits per heavy atom. The van der Waals surface area contributed by atoms with Crippen LogP contribution in [0.15, 0.2) is 30.3 Å². The first-order valence-corrected chi connectivity index (χ1v) is 6.72. The molecule has 1 aromatic carbocycles. The average Bonchev–Trinajstić information content (AvgIpc) is 3.17. The standard InChI is InChI=1S/C15H17N3O/c1-2-10-5-3-4-6-12(10)16-15(19)14-9-13(17-18-14)11-7-8-11/h3-6,9,11H,2,7-8H2,1H3,(H,16,19)(H,17,18). The van der Waals surface area contributed by atoms with E-state index in [0.29, 0.717) is 11.6 Å². The summed E-state index contributed by atoms with van der Waals surface area (Å²) in [4.78, 5) is 12.1. The highest BCUT2D eigenvalue weighted by atomic mass is 16.1. The molecule has 0 bridgehead atoms. The Kier molecular flexibility index (Phi) is 3.07. The van der Waals surface area contributed by atoms with E-state index in [4.69, 9.17) is 0 Å². The number of aromatic amines is 1. The molecule has 0 atom stereocenters. The first kappa shape index (κ1) is 12.0. The Morgan fingerprint density at radius 2 is 2.21 bits per heavy atom. The van der Waals surface area contributed by atoms with Gasteiger partial charge in [0.05, 0.1) is 0 Å². The zero-order valence-corrected chi connectivity index (χ0v) is 10.9. The van der Waals surface area contributed by atoms with Crippen LogP contribution in [-0.4, -0.2) is 16.1 Å². The van der Waals surface area contributed by atoms with Crippen molar-refractivity contribution in [2.45, 2.75) is 32.1 Å². The summed E-state index contributed by atoms with van der Waals surface area (Å²) >= 11 is 0. The fourth-order valence-electron chi connectivity index (χ4n) is 2.19. The molecule has 0 aliphatic heterocycles. The number of nitrogens with one attached hydrogen (secondary N) is 2. The normalized spacial score (nSPS) is 14.4. The molecule has 4 heteroatoms. The van der Waals surface area contributed by atoms with Crippen molar-refractivity contribution in [3.8, 4) is 0 Å². The summed E-state index contributed by atoms with van der Waals surface area (Å²) in [6.45, 7) is 2.07. The van der Waals surface area contributed by atoms with Crippen molar-refractivity contribution in [2.75, 3.05) is 5.32 Å². The van der Waals surface area contributed by atoms with E-state index in [-0.39, 0.29) is 5.91 Å². The van der Waals surface area contributed by atoms with Crippen LogP contribution in [0.1, 0.15) is 47.4 Å². The number of anilines is 1. The van der Waals surface area contributed by atoms with Crippen LogP contribution < -0.4 is 5.32 Å². The van der Waals surface area contributed by atoms with Gasteiger partial charge < -0.3 is 5.32 Å². The van der Waals surface area contributed by atoms with E-state index >= 15 is 0 Å². The monoisotopic (exact) mass is 255 g/mol.